The smallest absolute Gasteiger partial charge is 0.237 e. The number of benzene rings is 2. The van der Waals surface area contributed by atoms with E-state index in [4.69, 9.17) is 4.74 Å². The molecule has 7 nitrogen and oxygen atoms in total. The quantitative estimate of drug-likeness (QED) is 0.356. The van der Waals surface area contributed by atoms with Crippen molar-refractivity contribution < 1.29 is 9.53 Å². The van der Waals surface area contributed by atoms with Gasteiger partial charge in [-0.3, -0.25) is 4.79 Å². The molecule has 1 atom stereocenters. The second kappa shape index (κ2) is 8.74. The number of nitrogens with zero attached hydrogens (tertiary/aromatic N) is 3. The predicted molar refractivity (Wildman–Crippen MR) is 113 cm³/mol. The lowest BCUT2D eigenvalue weighted by atomic mass is 10.2. The van der Waals surface area contributed by atoms with Gasteiger partial charge in [-0.1, -0.05) is 42.1 Å². The molecule has 4 aromatic rings. The Morgan fingerprint density at radius 2 is 1.90 bits per heavy atom. The fraction of sp³-hybridized carbons (Fsp3) is 0.143. The van der Waals surface area contributed by atoms with E-state index in [9.17, 15) is 4.79 Å². The third kappa shape index (κ3) is 4.72. The molecule has 29 heavy (non-hydrogen) atoms. The molecule has 0 aliphatic rings. The van der Waals surface area contributed by atoms with E-state index in [1.54, 1.807) is 6.33 Å². The first-order valence-electron chi connectivity index (χ1n) is 9.07. The van der Waals surface area contributed by atoms with Gasteiger partial charge in [0.05, 0.1) is 11.6 Å². The van der Waals surface area contributed by atoms with Crippen LogP contribution in [0.15, 0.2) is 72.3 Å². The molecule has 0 spiro atoms. The van der Waals surface area contributed by atoms with Crippen LogP contribution in [-0.2, 0) is 11.4 Å². The number of hydrogen-bond donors (Lipinski definition) is 2. The summed E-state index contributed by atoms with van der Waals surface area (Å²) in [4.78, 5) is 28.0. The number of anilines is 1. The number of amides is 1. The number of imidazole rings is 1. The van der Waals surface area contributed by atoms with Crippen LogP contribution >= 0.6 is 11.8 Å². The molecule has 0 aliphatic carbocycles. The third-order valence-electron chi connectivity index (χ3n) is 4.22. The maximum Gasteiger partial charge on any atom is 0.237 e. The van der Waals surface area contributed by atoms with Crippen molar-refractivity contribution >= 4 is 34.5 Å². The maximum absolute atomic E-state index is 12.6. The van der Waals surface area contributed by atoms with Crippen molar-refractivity contribution in [1.82, 2.24) is 19.9 Å². The number of aromatic nitrogens is 4. The van der Waals surface area contributed by atoms with Crippen LogP contribution in [0.25, 0.3) is 11.2 Å². The highest BCUT2D eigenvalue weighted by Crippen LogP contribution is 2.27. The van der Waals surface area contributed by atoms with Crippen molar-refractivity contribution in [1.29, 1.82) is 0 Å². The molecular formula is C21H19N5O2S. The van der Waals surface area contributed by atoms with Gasteiger partial charge in [0, 0.05) is 5.69 Å². The molecule has 8 heteroatoms. The average molecular weight is 405 g/mol. The van der Waals surface area contributed by atoms with Crippen LogP contribution < -0.4 is 10.1 Å². The summed E-state index contributed by atoms with van der Waals surface area (Å²) in [5.41, 5.74) is 3.13. The minimum atomic E-state index is -0.342. The lowest BCUT2D eigenvalue weighted by Crippen LogP contribution is -2.22. The molecular weight excluding hydrogens is 386 g/mol. The number of nitrogens with one attached hydrogen (secondary N) is 2. The standard InChI is InChI=1S/C21H19N5O2S/c1-14(29-21-18-19(23-12-22-18)24-13-25-21)20(27)26-16-7-9-17(10-8-16)28-11-15-5-3-2-4-6-15/h2-10,12-14H,11H2,1H3,(H,26,27)(H,22,23,24,25)/t14-/m1/s1. The number of carbonyl (C=O) groups is 1. The zero-order chi connectivity index (χ0) is 20.1. The molecule has 0 bridgehead atoms. The van der Waals surface area contributed by atoms with Crippen LogP contribution in [0.4, 0.5) is 5.69 Å². The number of thioether (sulfide) groups is 1. The highest BCUT2D eigenvalue weighted by atomic mass is 32.2. The molecule has 2 N–H and O–H groups in total. The first kappa shape index (κ1) is 18.9. The van der Waals surface area contributed by atoms with Gasteiger partial charge in [-0.2, -0.15) is 0 Å². The Bertz CT molecular complexity index is 1100. The second-order valence-electron chi connectivity index (χ2n) is 6.33. The fourth-order valence-electron chi connectivity index (χ4n) is 2.67. The predicted octanol–water partition coefficient (Wildman–Crippen LogP) is 4.05. The summed E-state index contributed by atoms with van der Waals surface area (Å²) in [6.45, 7) is 2.34. The highest BCUT2D eigenvalue weighted by Gasteiger charge is 2.18. The topological polar surface area (TPSA) is 92.8 Å². The number of carbonyl (C=O) groups excluding carboxylic acids is 1. The minimum Gasteiger partial charge on any atom is -0.489 e. The summed E-state index contributed by atoms with van der Waals surface area (Å²) in [5, 5.41) is 3.27. The van der Waals surface area contributed by atoms with Crippen LogP contribution in [0.5, 0.6) is 5.75 Å². The van der Waals surface area contributed by atoms with Gasteiger partial charge in [-0.05, 0) is 36.8 Å². The second-order valence-corrected chi connectivity index (χ2v) is 7.66. The maximum atomic E-state index is 12.6. The minimum absolute atomic E-state index is 0.112. The Kier molecular flexibility index (Phi) is 5.71. The first-order valence-corrected chi connectivity index (χ1v) is 9.95. The molecule has 4 rings (SSSR count). The first-order chi connectivity index (χ1) is 14.2. The van der Waals surface area contributed by atoms with Crippen LogP contribution in [0.1, 0.15) is 12.5 Å². The van der Waals surface area contributed by atoms with E-state index in [1.807, 2.05) is 61.5 Å². The van der Waals surface area contributed by atoms with E-state index in [1.165, 1.54) is 18.1 Å². The number of aromatic amines is 1. The molecule has 1 amide bonds. The molecule has 2 heterocycles. The zero-order valence-corrected chi connectivity index (χ0v) is 16.5. The van der Waals surface area contributed by atoms with Gasteiger partial charge in [-0.15, -0.1) is 0 Å². The highest BCUT2D eigenvalue weighted by molar-refractivity contribution is 8.00. The van der Waals surface area contributed by atoms with E-state index in [0.29, 0.717) is 23.0 Å². The zero-order valence-electron chi connectivity index (χ0n) is 15.7. The van der Waals surface area contributed by atoms with Crippen molar-refractivity contribution in [3.63, 3.8) is 0 Å². The third-order valence-corrected chi connectivity index (χ3v) is 5.32. The Hall–Kier alpha value is -3.39. The van der Waals surface area contributed by atoms with Gasteiger partial charge < -0.3 is 15.0 Å². The lowest BCUT2D eigenvalue weighted by Gasteiger charge is -2.12. The SMILES string of the molecule is C[C@@H](Sc1ncnc2nc[nH]c12)C(=O)Nc1ccc(OCc2ccccc2)cc1. The van der Waals surface area contributed by atoms with Gasteiger partial charge in [0.2, 0.25) is 5.91 Å². The number of rotatable bonds is 7. The molecule has 2 aromatic carbocycles. The Morgan fingerprint density at radius 1 is 1.10 bits per heavy atom. The van der Waals surface area contributed by atoms with Gasteiger partial charge in [-0.25, -0.2) is 15.0 Å². The molecule has 0 aliphatic heterocycles. The van der Waals surface area contributed by atoms with Crippen LogP contribution in [0.3, 0.4) is 0 Å². The average Bonchev–Trinajstić information content (AvgIpc) is 3.24. The van der Waals surface area contributed by atoms with Gasteiger partial charge >= 0.3 is 0 Å². The van der Waals surface area contributed by atoms with Crippen LogP contribution in [0, 0.1) is 0 Å². The molecule has 0 saturated heterocycles. The lowest BCUT2D eigenvalue weighted by molar-refractivity contribution is -0.115. The fourth-order valence-corrected chi connectivity index (χ4v) is 3.55. The number of H-pyrrole nitrogens is 1. The summed E-state index contributed by atoms with van der Waals surface area (Å²) in [6, 6.07) is 17.3. The van der Waals surface area contributed by atoms with Crippen molar-refractivity contribution in [3.05, 3.63) is 72.8 Å². The Balaban J connectivity index is 1.33. The normalized spacial score (nSPS) is 11.9. The van der Waals surface area contributed by atoms with Crippen LogP contribution in [-0.4, -0.2) is 31.1 Å². The van der Waals surface area contributed by atoms with E-state index < -0.39 is 0 Å². The van der Waals surface area contributed by atoms with E-state index in [2.05, 4.69) is 25.3 Å². The van der Waals surface area contributed by atoms with Crippen molar-refractivity contribution in [3.8, 4) is 5.75 Å². The van der Waals surface area contributed by atoms with Gasteiger partial charge in [0.15, 0.2) is 5.65 Å². The van der Waals surface area contributed by atoms with Crippen molar-refractivity contribution in [2.24, 2.45) is 0 Å². The van der Waals surface area contributed by atoms with Crippen molar-refractivity contribution in [2.75, 3.05) is 5.32 Å². The van der Waals surface area contributed by atoms with Crippen molar-refractivity contribution in [2.45, 2.75) is 23.8 Å². The molecule has 0 unspecified atom stereocenters. The van der Waals surface area contributed by atoms with E-state index in [0.717, 1.165) is 16.8 Å². The van der Waals surface area contributed by atoms with E-state index >= 15 is 0 Å². The molecule has 0 radical (unpaired) electrons. The summed E-state index contributed by atoms with van der Waals surface area (Å²) in [7, 11) is 0. The molecule has 0 saturated carbocycles. The summed E-state index contributed by atoms with van der Waals surface area (Å²) < 4.78 is 5.77. The van der Waals surface area contributed by atoms with E-state index in [-0.39, 0.29) is 11.2 Å². The summed E-state index contributed by atoms with van der Waals surface area (Å²) in [6.07, 6.45) is 3.01. The number of fused-ring (bicyclic) bond motifs is 1. The van der Waals surface area contributed by atoms with Gasteiger partial charge in [0.1, 0.15) is 29.2 Å². The molecule has 0 fully saturated rings. The monoisotopic (exact) mass is 405 g/mol. The summed E-state index contributed by atoms with van der Waals surface area (Å²) in [5.74, 6) is 0.635. The largest absolute Gasteiger partial charge is 0.489 e. The molecule has 146 valence electrons. The Labute approximate surface area is 172 Å². The molecule has 2 aromatic heterocycles. The number of ether oxygens (including phenoxy) is 1. The van der Waals surface area contributed by atoms with Crippen LogP contribution in [0.2, 0.25) is 0 Å². The Morgan fingerprint density at radius 3 is 2.69 bits per heavy atom. The number of hydrogen-bond acceptors (Lipinski definition) is 6. The summed E-state index contributed by atoms with van der Waals surface area (Å²) >= 11 is 1.35. The van der Waals surface area contributed by atoms with Gasteiger partial charge in [0.25, 0.3) is 0 Å².